The number of rotatable bonds is 3. The predicted octanol–water partition coefficient (Wildman–Crippen LogP) is 2.39. The molecule has 0 saturated carbocycles. The van der Waals surface area contributed by atoms with Gasteiger partial charge in [0.2, 0.25) is 5.95 Å². The normalized spacial score (nSPS) is 11.3. The molecule has 104 valence electrons. The fourth-order valence-corrected chi connectivity index (χ4v) is 2.37. The predicted molar refractivity (Wildman–Crippen MR) is 76.0 cm³/mol. The van der Waals surface area contributed by atoms with Crippen molar-refractivity contribution in [3.63, 3.8) is 0 Å². The summed E-state index contributed by atoms with van der Waals surface area (Å²) in [5.41, 5.74) is 8.23. The molecule has 5 nitrogen and oxygen atoms in total. The Hall–Kier alpha value is -2.08. The van der Waals surface area contributed by atoms with Crippen LogP contribution in [0.2, 0.25) is 5.02 Å². The molecule has 3 aromatic rings. The number of aromatic nitrogens is 4. The van der Waals surface area contributed by atoms with Crippen LogP contribution in [-0.4, -0.2) is 19.3 Å². The van der Waals surface area contributed by atoms with Gasteiger partial charge in [-0.2, -0.15) is 5.10 Å². The first-order chi connectivity index (χ1) is 9.54. The molecule has 7 heteroatoms. The summed E-state index contributed by atoms with van der Waals surface area (Å²) < 4.78 is 17.0. The lowest BCUT2D eigenvalue weighted by Crippen LogP contribution is -2.05. The highest BCUT2D eigenvalue weighted by atomic mass is 35.5. The molecule has 0 atom stereocenters. The van der Waals surface area contributed by atoms with E-state index in [0.29, 0.717) is 18.0 Å². The van der Waals surface area contributed by atoms with E-state index < -0.39 is 5.82 Å². The van der Waals surface area contributed by atoms with Crippen molar-refractivity contribution in [2.24, 2.45) is 7.05 Å². The zero-order valence-corrected chi connectivity index (χ0v) is 11.6. The molecule has 0 amide bonds. The van der Waals surface area contributed by atoms with E-state index in [-0.39, 0.29) is 5.02 Å². The molecule has 0 spiro atoms. The van der Waals surface area contributed by atoms with Crippen molar-refractivity contribution >= 4 is 28.6 Å². The van der Waals surface area contributed by atoms with Gasteiger partial charge in [-0.25, -0.2) is 9.37 Å². The summed E-state index contributed by atoms with van der Waals surface area (Å²) in [6.45, 7) is 0.635. The van der Waals surface area contributed by atoms with Crippen LogP contribution in [-0.2, 0) is 20.0 Å². The van der Waals surface area contributed by atoms with Crippen LogP contribution < -0.4 is 5.73 Å². The average molecular weight is 294 g/mol. The number of fused-ring (bicyclic) bond motifs is 1. The molecule has 1 aromatic carbocycles. The van der Waals surface area contributed by atoms with E-state index in [1.807, 2.05) is 24.0 Å². The van der Waals surface area contributed by atoms with Gasteiger partial charge in [-0.3, -0.25) is 4.68 Å². The first-order valence-corrected chi connectivity index (χ1v) is 6.50. The summed E-state index contributed by atoms with van der Waals surface area (Å²) >= 11 is 5.82. The van der Waals surface area contributed by atoms with E-state index in [1.165, 1.54) is 6.07 Å². The average Bonchev–Trinajstić information content (AvgIpc) is 2.92. The Balaban J connectivity index is 1.94. The fraction of sp³-hybridized carbons (Fsp3) is 0.231. The molecular weight excluding hydrogens is 281 g/mol. The molecule has 0 radical (unpaired) electrons. The first-order valence-electron chi connectivity index (χ1n) is 6.13. The van der Waals surface area contributed by atoms with Crippen LogP contribution in [0.25, 0.3) is 11.0 Å². The van der Waals surface area contributed by atoms with E-state index in [2.05, 4.69) is 10.1 Å². The van der Waals surface area contributed by atoms with Gasteiger partial charge in [0, 0.05) is 25.9 Å². The van der Waals surface area contributed by atoms with Crippen molar-refractivity contribution in [2.75, 3.05) is 5.73 Å². The zero-order chi connectivity index (χ0) is 14.3. The molecular formula is C13H13ClFN5. The number of hydrogen-bond donors (Lipinski definition) is 1. The van der Waals surface area contributed by atoms with Crippen molar-refractivity contribution in [1.29, 1.82) is 0 Å². The number of benzene rings is 1. The molecule has 0 unspecified atom stereocenters. The minimum absolute atomic E-state index is 0.0695. The maximum atomic E-state index is 13.4. The van der Waals surface area contributed by atoms with Gasteiger partial charge in [0.1, 0.15) is 5.82 Å². The van der Waals surface area contributed by atoms with E-state index in [1.54, 1.807) is 10.7 Å². The third-order valence-electron chi connectivity index (χ3n) is 3.20. The summed E-state index contributed by atoms with van der Waals surface area (Å²) in [5.74, 6) is -0.137. The number of imidazole rings is 1. The molecule has 2 heterocycles. The van der Waals surface area contributed by atoms with Crippen LogP contribution in [0, 0.1) is 5.82 Å². The second kappa shape index (κ2) is 4.79. The molecule has 0 aliphatic heterocycles. The summed E-state index contributed by atoms with van der Waals surface area (Å²) in [6.07, 6.45) is 4.52. The smallest absolute Gasteiger partial charge is 0.201 e. The van der Waals surface area contributed by atoms with Gasteiger partial charge in [0.25, 0.3) is 0 Å². The number of nitrogen functional groups attached to an aromatic ring is 1. The fourth-order valence-electron chi connectivity index (χ4n) is 2.22. The monoisotopic (exact) mass is 293 g/mol. The van der Waals surface area contributed by atoms with Gasteiger partial charge in [0.05, 0.1) is 22.3 Å². The summed E-state index contributed by atoms with van der Waals surface area (Å²) in [4.78, 5) is 4.15. The molecule has 0 saturated heterocycles. The van der Waals surface area contributed by atoms with Crippen LogP contribution >= 0.6 is 11.6 Å². The van der Waals surface area contributed by atoms with Gasteiger partial charge in [0.15, 0.2) is 0 Å². The lowest BCUT2D eigenvalue weighted by Gasteiger charge is -2.05. The van der Waals surface area contributed by atoms with Gasteiger partial charge in [-0.1, -0.05) is 11.6 Å². The largest absolute Gasteiger partial charge is 0.369 e. The molecule has 0 fully saturated rings. The third-order valence-corrected chi connectivity index (χ3v) is 3.49. The maximum Gasteiger partial charge on any atom is 0.201 e. The van der Waals surface area contributed by atoms with Crippen LogP contribution in [0.15, 0.2) is 24.5 Å². The van der Waals surface area contributed by atoms with E-state index in [9.17, 15) is 4.39 Å². The molecule has 2 N–H and O–H groups in total. The van der Waals surface area contributed by atoms with Crippen molar-refractivity contribution in [3.05, 3.63) is 40.9 Å². The van der Waals surface area contributed by atoms with Crippen LogP contribution in [0.3, 0.4) is 0 Å². The lowest BCUT2D eigenvalue weighted by atomic mass is 10.2. The number of nitrogens with two attached hydrogens (primary N) is 1. The Morgan fingerprint density at radius 2 is 2.20 bits per heavy atom. The third kappa shape index (κ3) is 2.22. The van der Waals surface area contributed by atoms with Crippen molar-refractivity contribution in [3.8, 4) is 0 Å². The molecule has 3 rings (SSSR count). The molecule has 0 aliphatic rings. The number of halogens is 2. The minimum Gasteiger partial charge on any atom is -0.369 e. The Morgan fingerprint density at radius 3 is 2.90 bits per heavy atom. The number of aryl methyl sites for hydroxylation is 3. The standard InChI is InChI=1S/C13H13ClFN5/c1-19-7-8(6-17-19)2-3-20-12-4-9(14)10(15)5-11(12)18-13(20)16/h4-7H,2-3H2,1H3,(H2,16,18). The lowest BCUT2D eigenvalue weighted by molar-refractivity contribution is 0.629. The number of nitrogens with zero attached hydrogens (tertiary/aromatic N) is 4. The first kappa shape index (κ1) is 12.9. The second-order valence-electron chi connectivity index (χ2n) is 4.65. The van der Waals surface area contributed by atoms with Crippen LogP contribution in [0.5, 0.6) is 0 Å². The van der Waals surface area contributed by atoms with Gasteiger partial charge >= 0.3 is 0 Å². The topological polar surface area (TPSA) is 61.7 Å². The highest BCUT2D eigenvalue weighted by Crippen LogP contribution is 2.25. The summed E-state index contributed by atoms with van der Waals surface area (Å²) in [6, 6.07) is 2.85. The summed E-state index contributed by atoms with van der Waals surface area (Å²) in [7, 11) is 1.87. The molecule has 0 bridgehead atoms. The molecule has 0 aliphatic carbocycles. The number of anilines is 1. The van der Waals surface area contributed by atoms with Crippen molar-refractivity contribution < 1.29 is 4.39 Å². The van der Waals surface area contributed by atoms with E-state index in [0.717, 1.165) is 17.5 Å². The van der Waals surface area contributed by atoms with Gasteiger partial charge < -0.3 is 10.3 Å². The van der Waals surface area contributed by atoms with Crippen LogP contribution in [0.1, 0.15) is 5.56 Å². The van der Waals surface area contributed by atoms with Gasteiger partial charge in [-0.05, 0) is 18.1 Å². The van der Waals surface area contributed by atoms with Gasteiger partial charge in [-0.15, -0.1) is 0 Å². The second-order valence-corrected chi connectivity index (χ2v) is 5.06. The molecule has 20 heavy (non-hydrogen) atoms. The van der Waals surface area contributed by atoms with E-state index in [4.69, 9.17) is 17.3 Å². The van der Waals surface area contributed by atoms with E-state index >= 15 is 0 Å². The highest BCUT2D eigenvalue weighted by Gasteiger charge is 2.12. The van der Waals surface area contributed by atoms with Crippen molar-refractivity contribution in [1.82, 2.24) is 19.3 Å². The SMILES string of the molecule is Cn1cc(CCn2c(N)nc3cc(F)c(Cl)cc32)cn1. The Labute approximate surface area is 119 Å². The van der Waals surface area contributed by atoms with Crippen molar-refractivity contribution in [2.45, 2.75) is 13.0 Å². The summed E-state index contributed by atoms with van der Waals surface area (Å²) in [5, 5.41) is 4.19. The minimum atomic E-state index is -0.490. The molecule has 2 aromatic heterocycles. The zero-order valence-electron chi connectivity index (χ0n) is 10.8. The number of hydrogen-bond acceptors (Lipinski definition) is 3. The highest BCUT2D eigenvalue weighted by molar-refractivity contribution is 6.31. The maximum absolute atomic E-state index is 13.4. The Morgan fingerprint density at radius 1 is 1.40 bits per heavy atom. The quantitative estimate of drug-likeness (QED) is 0.806. The Bertz CT molecular complexity index is 777. The van der Waals surface area contributed by atoms with Crippen LogP contribution in [0.4, 0.5) is 10.3 Å². The Kier molecular flexibility index (Phi) is 3.10.